The Kier molecular flexibility index (Phi) is 4.26. The Hall–Kier alpha value is -2.81. The van der Waals surface area contributed by atoms with Gasteiger partial charge < -0.3 is 9.47 Å². The smallest absolute Gasteiger partial charge is 0.438 e. The number of rotatable bonds is 4. The molecule has 0 fully saturated rings. The molecule has 0 saturated carbocycles. The number of benzene rings is 1. The molecule has 0 spiro atoms. The van der Waals surface area contributed by atoms with Crippen molar-refractivity contribution in [2.75, 3.05) is 0 Å². The molecule has 1 aliphatic heterocycles. The van der Waals surface area contributed by atoms with Crippen molar-refractivity contribution in [3.8, 4) is 11.5 Å². The van der Waals surface area contributed by atoms with Gasteiger partial charge in [-0.1, -0.05) is 6.07 Å². The second kappa shape index (κ2) is 6.36. The predicted octanol–water partition coefficient (Wildman–Crippen LogP) is 3.62. The molecule has 2 heterocycles. The van der Waals surface area contributed by atoms with Crippen LogP contribution < -0.4 is 15.0 Å². The first-order valence-corrected chi connectivity index (χ1v) is 6.67. The normalized spacial score (nSPS) is 17.2. The third kappa shape index (κ3) is 3.93. The van der Waals surface area contributed by atoms with Crippen molar-refractivity contribution in [2.45, 2.75) is 12.5 Å². The number of alkyl halides is 3. The number of halogens is 4. The fourth-order valence-electron chi connectivity index (χ4n) is 1.98. The monoisotopic (exact) mass is 342 g/mol. The highest BCUT2D eigenvalue weighted by Gasteiger charge is 2.32. The molecule has 0 saturated heterocycles. The van der Waals surface area contributed by atoms with E-state index in [1.54, 1.807) is 18.3 Å². The Bertz CT molecular complexity index is 750. The highest BCUT2D eigenvalue weighted by Crippen LogP contribution is 2.31. The van der Waals surface area contributed by atoms with Crippen molar-refractivity contribution >= 4 is 0 Å². The van der Waals surface area contributed by atoms with Crippen LogP contribution in [0.15, 0.2) is 54.7 Å². The Balaban J connectivity index is 1.72. The fraction of sp³-hybridized carbons (Fsp3) is 0.133. The lowest BCUT2D eigenvalue weighted by Gasteiger charge is -2.12. The summed E-state index contributed by atoms with van der Waals surface area (Å²) in [5, 5.41) is 0. The molecule has 0 amide bonds. The maximum atomic E-state index is 13.7. The number of hydroxylamine groups is 1. The van der Waals surface area contributed by atoms with E-state index in [0.29, 0.717) is 11.3 Å². The van der Waals surface area contributed by atoms with Crippen molar-refractivity contribution in [1.29, 1.82) is 0 Å². The van der Waals surface area contributed by atoms with E-state index < -0.39 is 24.0 Å². The van der Waals surface area contributed by atoms with Gasteiger partial charge in [0, 0.05) is 12.3 Å². The second-order valence-electron chi connectivity index (χ2n) is 4.70. The first-order valence-electron chi connectivity index (χ1n) is 6.67. The molecule has 5 nitrogen and oxygen atoms in total. The van der Waals surface area contributed by atoms with Crippen LogP contribution in [0, 0.1) is 5.82 Å². The summed E-state index contributed by atoms with van der Waals surface area (Å²) in [6.45, 7) is 0. The van der Waals surface area contributed by atoms with Gasteiger partial charge in [0.25, 0.3) is 0 Å². The van der Waals surface area contributed by atoms with Gasteiger partial charge >= 0.3 is 6.36 Å². The van der Waals surface area contributed by atoms with Gasteiger partial charge in [0.05, 0.1) is 6.20 Å². The van der Waals surface area contributed by atoms with Crippen LogP contribution in [0.25, 0.3) is 0 Å². The molecule has 9 heteroatoms. The molecule has 1 atom stereocenters. The quantitative estimate of drug-likeness (QED) is 0.860. The van der Waals surface area contributed by atoms with Crippen molar-refractivity contribution in [2.24, 2.45) is 0 Å². The lowest BCUT2D eigenvalue weighted by Crippen LogP contribution is -2.18. The summed E-state index contributed by atoms with van der Waals surface area (Å²) < 4.78 is 59.1. The number of aromatic nitrogens is 1. The lowest BCUT2D eigenvalue weighted by molar-refractivity contribution is -0.275. The first-order chi connectivity index (χ1) is 11.4. The zero-order chi connectivity index (χ0) is 17.2. The third-order valence-electron chi connectivity index (χ3n) is 2.96. The topological polar surface area (TPSA) is 52.6 Å². The van der Waals surface area contributed by atoms with Gasteiger partial charge in [0.1, 0.15) is 11.9 Å². The molecule has 0 unspecified atom stereocenters. The van der Waals surface area contributed by atoms with Crippen LogP contribution in [0.3, 0.4) is 0 Å². The lowest BCUT2D eigenvalue weighted by atomic mass is 10.1. The number of nitrogens with zero attached hydrogens (tertiary/aromatic N) is 1. The minimum atomic E-state index is -4.96. The van der Waals surface area contributed by atoms with Crippen molar-refractivity contribution in [1.82, 2.24) is 10.5 Å². The number of pyridine rings is 1. The van der Waals surface area contributed by atoms with Crippen LogP contribution in [-0.2, 0) is 4.84 Å². The summed E-state index contributed by atoms with van der Waals surface area (Å²) >= 11 is 0. The number of hydrogen-bond donors (Lipinski definition) is 1. The Labute approximate surface area is 133 Å². The van der Waals surface area contributed by atoms with E-state index in [1.807, 2.05) is 0 Å². The predicted molar refractivity (Wildman–Crippen MR) is 73.0 cm³/mol. The molecule has 1 aromatic carbocycles. The van der Waals surface area contributed by atoms with Crippen molar-refractivity contribution < 1.29 is 31.9 Å². The maximum Gasteiger partial charge on any atom is 0.573 e. The molecule has 0 radical (unpaired) electrons. The van der Waals surface area contributed by atoms with Crippen LogP contribution >= 0.6 is 0 Å². The molecule has 24 heavy (non-hydrogen) atoms. The minimum Gasteiger partial charge on any atom is -0.438 e. The Morgan fingerprint density at radius 3 is 2.71 bits per heavy atom. The molecule has 126 valence electrons. The molecule has 0 aliphatic carbocycles. The SMILES string of the molecule is Fc1cc([C@@H]2C=C(Oc3cccnc3)NO2)ccc1OC(F)(F)F. The van der Waals surface area contributed by atoms with Crippen LogP contribution in [-0.4, -0.2) is 11.3 Å². The summed E-state index contributed by atoms with van der Waals surface area (Å²) in [6, 6.07) is 6.40. The van der Waals surface area contributed by atoms with E-state index in [4.69, 9.17) is 9.57 Å². The molecule has 2 aromatic rings. The average Bonchev–Trinajstić information content (AvgIpc) is 2.97. The number of ether oxygens (including phenoxy) is 2. The van der Waals surface area contributed by atoms with Gasteiger partial charge in [0.2, 0.25) is 5.88 Å². The number of nitrogens with one attached hydrogen (secondary N) is 1. The third-order valence-corrected chi connectivity index (χ3v) is 2.96. The van der Waals surface area contributed by atoms with Crippen molar-refractivity contribution in [3.05, 3.63) is 66.1 Å². The zero-order valence-corrected chi connectivity index (χ0v) is 11.9. The first kappa shape index (κ1) is 16.1. The molecule has 1 aromatic heterocycles. The fourth-order valence-corrected chi connectivity index (χ4v) is 1.98. The minimum absolute atomic E-state index is 0.254. The van der Waals surface area contributed by atoms with Gasteiger partial charge in [0.15, 0.2) is 11.6 Å². The second-order valence-corrected chi connectivity index (χ2v) is 4.70. The number of hydrogen-bond acceptors (Lipinski definition) is 5. The van der Waals surface area contributed by atoms with Gasteiger partial charge in [-0.2, -0.15) is 0 Å². The van der Waals surface area contributed by atoms with Crippen LogP contribution in [0.5, 0.6) is 11.5 Å². The molecule has 1 aliphatic rings. The Morgan fingerprint density at radius 1 is 1.21 bits per heavy atom. The largest absolute Gasteiger partial charge is 0.573 e. The average molecular weight is 342 g/mol. The van der Waals surface area contributed by atoms with E-state index in [0.717, 1.165) is 12.1 Å². The summed E-state index contributed by atoms with van der Waals surface area (Å²) in [7, 11) is 0. The van der Waals surface area contributed by atoms with Crippen LogP contribution in [0.1, 0.15) is 11.7 Å². The van der Waals surface area contributed by atoms with E-state index in [9.17, 15) is 17.6 Å². The molecule has 0 bridgehead atoms. The molecular formula is C15H10F4N2O3. The Morgan fingerprint density at radius 2 is 2.04 bits per heavy atom. The summed E-state index contributed by atoms with van der Waals surface area (Å²) in [5.74, 6) is -1.35. The summed E-state index contributed by atoms with van der Waals surface area (Å²) in [6.07, 6.45) is -1.12. The van der Waals surface area contributed by atoms with Crippen molar-refractivity contribution in [3.63, 3.8) is 0 Å². The summed E-state index contributed by atoms with van der Waals surface area (Å²) in [5.41, 5.74) is 2.79. The van der Waals surface area contributed by atoms with E-state index in [2.05, 4.69) is 15.2 Å². The molecule has 3 rings (SSSR count). The van der Waals surface area contributed by atoms with Gasteiger partial charge in [-0.15, -0.1) is 13.2 Å². The van der Waals surface area contributed by atoms with E-state index in [-0.39, 0.29) is 5.88 Å². The molecule has 1 N–H and O–H groups in total. The van der Waals surface area contributed by atoms with E-state index in [1.165, 1.54) is 18.3 Å². The van der Waals surface area contributed by atoms with E-state index >= 15 is 0 Å². The highest BCUT2D eigenvalue weighted by atomic mass is 19.4. The highest BCUT2D eigenvalue weighted by molar-refractivity contribution is 5.33. The zero-order valence-electron chi connectivity index (χ0n) is 11.9. The van der Waals surface area contributed by atoms with Gasteiger partial charge in [-0.3, -0.25) is 9.82 Å². The van der Waals surface area contributed by atoms with Crippen LogP contribution in [0.4, 0.5) is 17.6 Å². The van der Waals surface area contributed by atoms with Crippen LogP contribution in [0.2, 0.25) is 0 Å². The molecular weight excluding hydrogens is 332 g/mol. The summed E-state index contributed by atoms with van der Waals surface area (Å²) in [4.78, 5) is 9.08. The maximum absolute atomic E-state index is 13.7. The standard InChI is InChI=1S/C15H10F4N2O3/c16-11-6-9(3-4-12(11)23-15(17,18)19)13-7-14(21-24-13)22-10-2-1-5-20-8-10/h1-8,13,21H/t13-/m0/s1. The van der Waals surface area contributed by atoms with Gasteiger partial charge in [-0.25, -0.2) is 9.87 Å². The van der Waals surface area contributed by atoms with Gasteiger partial charge in [-0.05, 0) is 29.8 Å².